The molecule has 136 valence electrons. The van der Waals surface area contributed by atoms with Gasteiger partial charge in [-0.1, -0.05) is 25.1 Å². The summed E-state index contributed by atoms with van der Waals surface area (Å²) in [6.07, 6.45) is 1.12. The van der Waals surface area contributed by atoms with E-state index in [1.165, 1.54) is 6.07 Å². The summed E-state index contributed by atoms with van der Waals surface area (Å²) in [5, 5.41) is 2.86. The van der Waals surface area contributed by atoms with Crippen molar-refractivity contribution in [2.45, 2.75) is 19.8 Å². The van der Waals surface area contributed by atoms with Gasteiger partial charge in [-0.15, -0.1) is 12.4 Å². The van der Waals surface area contributed by atoms with E-state index < -0.39 is 0 Å². The first kappa shape index (κ1) is 20.9. The highest BCUT2D eigenvalue weighted by atomic mass is 35.5. The Kier molecular flexibility index (Phi) is 8.95. The van der Waals surface area contributed by atoms with E-state index in [-0.39, 0.29) is 30.0 Å². The van der Waals surface area contributed by atoms with Crippen molar-refractivity contribution < 1.29 is 13.9 Å². The number of hydrogen-bond donors (Lipinski definition) is 2. The van der Waals surface area contributed by atoms with Crippen LogP contribution in [-0.4, -0.2) is 19.1 Å². The van der Waals surface area contributed by atoms with E-state index in [2.05, 4.69) is 5.32 Å². The second-order valence-corrected chi connectivity index (χ2v) is 5.68. The van der Waals surface area contributed by atoms with Crippen LogP contribution in [0.25, 0.3) is 0 Å². The van der Waals surface area contributed by atoms with Crippen molar-refractivity contribution in [3.05, 3.63) is 59.9 Å². The second-order valence-electron chi connectivity index (χ2n) is 5.68. The normalized spacial score (nSPS) is 11.3. The summed E-state index contributed by atoms with van der Waals surface area (Å²) in [5.74, 6) is 0.198. The lowest BCUT2D eigenvalue weighted by molar-refractivity contribution is -0.119. The fraction of sp³-hybridized carbons (Fsp3) is 0.316. The molecule has 0 aromatic heterocycles. The molecule has 1 unspecified atom stereocenters. The van der Waals surface area contributed by atoms with Gasteiger partial charge in [0.15, 0.2) is 0 Å². The third-order valence-corrected chi connectivity index (χ3v) is 3.76. The first-order valence-corrected chi connectivity index (χ1v) is 8.07. The molecule has 0 bridgehead atoms. The number of aryl methyl sites for hydroxylation is 1. The molecule has 4 nitrogen and oxygen atoms in total. The maximum absolute atomic E-state index is 13.6. The number of carbonyl (C=O) groups excluding carboxylic acids is 1. The number of amides is 1. The third-order valence-electron chi connectivity index (χ3n) is 3.76. The smallest absolute Gasteiger partial charge is 0.227 e. The highest BCUT2D eigenvalue weighted by molar-refractivity contribution is 5.92. The maximum atomic E-state index is 13.6. The van der Waals surface area contributed by atoms with Gasteiger partial charge >= 0.3 is 0 Å². The van der Waals surface area contributed by atoms with Crippen molar-refractivity contribution in [3.63, 3.8) is 0 Å². The molecule has 0 aliphatic carbocycles. The number of ether oxygens (including phenoxy) is 1. The molecular formula is C19H24ClFN2O2. The van der Waals surface area contributed by atoms with E-state index in [1.54, 1.807) is 42.5 Å². The van der Waals surface area contributed by atoms with E-state index in [0.29, 0.717) is 43.0 Å². The van der Waals surface area contributed by atoms with Crippen LogP contribution in [0, 0.1) is 11.7 Å². The average molecular weight is 367 g/mol. The SMILES string of the molecule is CC(CCc1ccccc1F)C(=O)Nc1ccc(OCCN)cc1.Cl. The number of nitrogens with one attached hydrogen (secondary N) is 1. The van der Waals surface area contributed by atoms with E-state index in [9.17, 15) is 9.18 Å². The monoisotopic (exact) mass is 366 g/mol. The lowest BCUT2D eigenvalue weighted by Gasteiger charge is -2.13. The molecule has 1 amide bonds. The van der Waals surface area contributed by atoms with Crippen molar-refractivity contribution in [1.82, 2.24) is 0 Å². The van der Waals surface area contributed by atoms with E-state index in [0.717, 1.165) is 0 Å². The Hall–Kier alpha value is -2.11. The van der Waals surface area contributed by atoms with Gasteiger partial charge in [0.2, 0.25) is 5.91 Å². The Morgan fingerprint density at radius 3 is 2.52 bits per heavy atom. The highest BCUT2D eigenvalue weighted by Gasteiger charge is 2.14. The largest absolute Gasteiger partial charge is 0.492 e. The predicted octanol–water partition coefficient (Wildman–Crippen LogP) is 3.79. The molecule has 2 aromatic carbocycles. The summed E-state index contributed by atoms with van der Waals surface area (Å²) in [7, 11) is 0. The van der Waals surface area contributed by atoms with Crippen LogP contribution in [-0.2, 0) is 11.2 Å². The van der Waals surface area contributed by atoms with Crippen molar-refractivity contribution in [2.24, 2.45) is 11.7 Å². The van der Waals surface area contributed by atoms with Crippen LogP contribution in [0.3, 0.4) is 0 Å². The van der Waals surface area contributed by atoms with Crippen molar-refractivity contribution in [3.8, 4) is 5.75 Å². The zero-order chi connectivity index (χ0) is 17.4. The molecule has 0 saturated carbocycles. The van der Waals surface area contributed by atoms with Gasteiger partial charge in [-0.25, -0.2) is 4.39 Å². The molecule has 3 N–H and O–H groups in total. The van der Waals surface area contributed by atoms with E-state index in [4.69, 9.17) is 10.5 Å². The lowest BCUT2D eigenvalue weighted by atomic mass is 10.00. The number of rotatable bonds is 8. The molecule has 25 heavy (non-hydrogen) atoms. The fourth-order valence-corrected chi connectivity index (χ4v) is 2.28. The molecule has 1 atom stereocenters. The van der Waals surface area contributed by atoms with Crippen molar-refractivity contribution in [1.29, 1.82) is 0 Å². The Labute approximate surface area is 154 Å². The Bertz CT molecular complexity index is 665. The van der Waals surface area contributed by atoms with Crippen LogP contribution in [0.1, 0.15) is 18.9 Å². The topological polar surface area (TPSA) is 64.3 Å². The number of anilines is 1. The number of nitrogens with two attached hydrogens (primary N) is 1. The van der Waals surface area contributed by atoms with Gasteiger partial charge in [-0.3, -0.25) is 4.79 Å². The Morgan fingerprint density at radius 1 is 1.20 bits per heavy atom. The average Bonchev–Trinajstić information content (AvgIpc) is 2.60. The number of hydrogen-bond acceptors (Lipinski definition) is 3. The van der Waals surface area contributed by atoms with Gasteiger partial charge in [0.1, 0.15) is 18.2 Å². The number of benzene rings is 2. The minimum atomic E-state index is -0.224. The summed E-state index contributed by atoms with van der Waals surface area (Å²) in [6.45, 7) is 2.76. The number of carbonyl (C=O) groups is 1. The summed E-state index contributed by atoms with van der Waals surface area (Å²) < 4.78 is 19.0. The summed E-state index contributed by atoms with van der Waals surface area (Å²) >= 11 is 0. The van der Waals surface area contributed by atoms with Crippen LogP contribution < -0.4 is 15.8 Å². The zero-order valence-electron chi connectivity index (χ0n) is 14.2. The minimum Gasteiger partial charge on any atom is -0.492 e. The molecule has 2 aromatic rings. The molecule has 0 radical (unpaired) electrons. The molecule has 0 fully saturated rings. The van der Waals surface area contributed by atoms with Crippen molar-refractivity contribution in [2.75, 3.05) is 18.5 Å². The van der Waals surface area contributed by atoms with E-state index >= 15 is 0 Å². The molecule has 0 heterocycles. The van der Waals surface area contributed by atoms with Crippen molar-refractivity contribution >= 4 is 24.0 Å². The summed E-state index contributed by atoms with van der Waals surface area (Å²) in [4.78, 5) is 12.2. The zero-order valence-corrected chi connectivity index (χ0v) is 15.0. The van der Waals surface area contributed by atoms with Crippen LogP contribution in [0.4, 0.5) is 10.1 Å². The first-order chi connectivity index (χ1) is 11.6. The lowest BCUT2D eigenvalue weighted by Crippen LogP contribution is -2.21. The van der Waals surface area contributed by atoms with Crippen LogP contribution in [0.15, 0.2) is 48.5 Å². The summed E-state index contributed by atoms with van der Waals surface area (Å²) in [5.41, 5.74) is 6.72. The van der Waals surface area contributed by atoms with Gasteiger partial charge in [-0.2, -0.15) is 0 Å². The van der Waals surface area contributed by atoms with Crippen LogP contribution in [0.5, 0.6) is 5.75 Å². The van der Waals surface area contributed by atoms with Gasteiger partial charge < -0.3 is 15.8 Å². The molecular weight excluding hydrogens is 343 g/mol. The molecule has 0 spiro atoms. The molecule has 0 aliphatic rings. The Balaban J connectivity index is 0.00000312. The maximum Gasteiger partial charge on any atom is 0.227 e. The number of halogens is 2. The van der Waals surface area contributed by atoms with Gasteiger partial charge in [0, 0.05) is 18.2 Å². The predicted molar refractivity (Wildman–Crippen MR) is 101 cm³/mol. The van der Waals surface area contributed by atoms with Gasteiger partial charge in [0.05, 0.1) is 0 Å². The Morgan fingerprint density at radius 2 is 1.88 bits per heavy atom. The molecule has 6 heteroatoms. The fourth-order valence-electron chi connectivity index (χ4n) is 2.28. The highest BCUT2D eigenvalue weighted by Crippen LogP contribution is 2.18. The van der Waals surface area contributed by atoms with Crippen LogP contribution >= 0.6 is 12.4 Å². The van der Waals surface area contributed by atoms with E-state index in [1.807, 2.05) is 6.92 Å². The van der Waals surface area contributed by atoms with Gasteiger partial charge in [0.25, 0.3) is 0 Å². The quantitative estimate of drug-likeness (QED) is 0.747. The second kappa shape index (κ2) is 10.7. The molecule has 2 rings (SSSR count). The summed E-state index contributed by atoms with van der Waals surface area (Å²) in [6, 6.07) is 13.8. The molecule has 0 saturated heterocycles. The van der Waals surface area contributed by atoms with Crippen LogP contribution in [0.2, 0.25) is 0 Å². The minimum absolute atomic E-state index is 0. The molecule has 0 aliphatic heterocycles. The standard InChI is InChI=1S/C19H23FN2O2.ClH/c1-14(6-7-15-4-2-3-5-18(15)20)19(23)22-16-8-10-17(11-9-16)24-13-12-21;/h2-5,8-11,14H,6-7,12-13,21H2,1H3,(H,22,23);1H. The third kappa shape index (κ3) is 6.72. The first-order valence-electron chi connectivity index (χ1n) is 8.07. The van der Waals surface area contributed by atoms with Gasteiger partial charge in [-0.05, 0) is 48.7 Å².